The van der Waals surface area contributed by atoms with E-state index in [2.05, 4.69) is 4.98 Å². The molecule has 23 heavy (non-hydrogen) atoms. The minimum absolute atomic E-state index is 0.0157. The highest BCUT2D eigenvalue weighted by Gasteiger charge is 2.47. The first-order chi connectivity index (χ1) is 10.9. The Morgan fingerprint density at radius 3 is 2.17 bits per heavy atom. The number of esters is 3. The number of hydrogen-bond donors (Lipinski definition) is 0. The molecule has 0 aromatic carbocycles. The lowest BCUT2D eigenvalue weighted by atomic mass is 10.0. The van der Waals surface area contributed by atoms with Gasteiger partial charge < -0.3 is 23.5 Å². The molecule has 4 atom stereocenters. The first-order valence-electron chi connectivity index (χ1n) is 6.99. The maximum absolute atomic E-state index is 11.4. The number of aromatic nitrogens is 2. The molecule has 0 saturated carbocycles. The molecule has 1 aliphatic rings. The van der Waals surface area contributed by atoms with Crippen LogP contribution < -0.4 is 0 Å². The van der Waals surface area contributed by atoms with Gasteiger partial charge in [-0.3, -0.25) is 14.4 Å². The lowest BCUT2D eigenvalue weighted by molar-refractivity contribution is -0.239. The van der Waals surface area contributed by atoms with Gasteiger partial charge in [0.05, 0.1) is 12.9 Å². The molecule has 0 unspecified atom stereocenters. The molecule has 1 fully saturated rings. The van der Waals surface area contributed by atoms with E-state index in [1.807, 2.05) is 0 Å². The fourth-order valence-corrected chi connectivity index (χ4v) is 2.40. The molecule has 2 heterocycles. The molecule has 1 aromatic heterocycles. The van der Waals surface area contributed by atoms with Crippen molar-refractivity contribution in [2.75, 3.05) is 6.61 Å². The fraction of sp³-hybridized carbons (Fsp3) is 0.571. The van der Waals surface area contributed by atoms with E-state index in [1.54, 1.807) is 10.8 Å². The lowest BCUT2D eigenvalue weighted by Crippen LogP contribution is -2.55. The van der Waals surface area contributed by atoms with Crippen LogP contribution in [0, 0.1) is 0 Å². The van der Waals surface area contributed by atoms with Crippen LogP contribution in [0.1, 0.15) is 27.0 Å². The maximum atomic E-state index is 11.4. The SMILES string of the molecule is CC(=O)O[C@@H]1[C@H](OC(C)=O)[C@H](OC(C)=O)CO[C@H]1n1ccnc1. The first kappa shape index (κ1) is 16.9. The van der Waals surface area contributed by atoms with Crippen LogP contribution in [0.15, 0.2) is 18.7 Å². The van der Waals surface area contributed by atoms with Gasteiger partial charge in [-0.05, 0) is 0 Å². The van der Waals surface area contributed by atoms with Gasteiger partial charge in [0.1, 0.15) is 0 Å². The molecule has 0 radical (unpaired) electrons. The van der Waals surface area contributed by atoms with Crippen LogP contribution in [0.25, 0.3) is 0 Å². The van der Waals surface area contributed by atoms with Gasteiger partial charge in [-0.2, -0.15) is 0 Å². The standard InChI is InChI=1S/C14H18N2O7/c1-8(17)21-11-6-20-14(16-5-4-15-7-16)13(23-10(3)19)12(11)22-9(2)18/h4-5,7,11-14H,6H2,1-3H3/t11-,12-,13-,14-/m1/s1. The van der Waals surface area contributed by atoms with Crippen molar-refractivity contribution in [3.8, 4) is 0 Å². The molecule has 0 amide bonds. The van der Waals surface area contributed by atoms with E-state index in [0.717, 1.165) is 0 Å². The molecule has 9 heteroatoms. The number of nitrogens with zero attached hydrogens (tertiary/aromatic N) is 2. The molecule has 1 saturated heterocycles. The minimum atomic E-state index is -0.985. The minimum Gasteiger partial charge on any atom is -0.456 e. The molecule has 0 N–H and O–H groups in total. The van der Waals surface area contributed by atoms with E-state index in [9.17, 15) is 14.4 Å². The van der Waals surface area contributed by atoms with Crippen molar-refractivity contribution in [3.05, 3.63) is 18.7 Å². The van der Waals surface area contributed by atoms with E-state index in [-0.39, 0.29) is 6.61 Å². The van der Waals surface area contributed by atoms with Gasteiger partial charge in [-0.15, -0.1) is 0 Å². The second-order valence-corrected chi connectivity index (χ2v) is 5.03. The molecule has 0 aliphatic carbocycles. The quantitative estimate of drug-likeness (QED) is 0.571. The van der Waals surface area contributed by atoms with Gasteiger partial charge >= 0.3 is 17.9 Å². The van der Waals surface area contributed by atoms with Crippen LogP contribution in [0.5, 0.6) is 0 Å². The fourth-order valence-electron chi connectivity index (χ4n) is 2.40. The van der Waals surface area contributed by atoms with Crippen LogP contribution in [0.2, 0.25) is 0 Å². The second kappa shape index (κ2) is 7.23. The van der Waals surface area contributed by atoms with Crippen molar-refractivity contribution in [1.82, 2.24) is 9.55 Å². The highest BCUT2D eigenvalue weighted by atomic mass is 16.6. The molecule has 0 bridgehead atoms. The van der Waals surface area contributed by atoms with Crippen LogP contribution in [-0.4, -0.2) is 52.4 Å². The van der Waals surface area contributed by atoms with Crippen LogP contribution >= 0.6 is 0 Å². The van der Waals surface area contributed by atoms with Crippen molar-refractivity contribution in [3.63, 3.8) is 0 Å². The van der Waals surface area contributed by atoms with Crippen molar-refractivity contribution < 1.29 is 33.3 Å². The Hall–Kier alpha value is -2.42. The lowest BCUT2D eigenvalue weighted by Gasteiger charge is -2.40. The van der Waals surface area contributed by atoms with Crippen molar-refractivity contribution >= 4 is 17.9 Å². The monoisotopic (exact) mass is 326 g/mol. The van der Waals surface area contributed by atoms with E-state index in [4.69, 9.17) is 18.9 Å². The Morgan fingerprint density at radius 1 is 1.04 bits per heavy atom. The average molecular weight is 326 g/mol. The molecule has 2 rings (SSSR count). The van der Waals surface area contributed by atoms with Crippen molar-refractivity contribution in [2.45, 2.75) is 45.3 Å². The summed E-state index contributed by atoms with van der Waals surface area (Å²) in [6.45, 7) is 3.66. The van der Waals surface area contributed by atoms with E-state index in [0.29, 0.717) is 0 Å². The zero-order valence-electron chi connectivity index (χ0n) is 13.0. The topological polar surface area (TPSA) is 106 Å². The number of carbonyl (C=O) groups is 3. The van der Waals surface area contributed by atoms with Gasteiger partial charge in [-0.25, -0.2) is 4.98 Å². The van der Waals surface area contributed by atoms with Crippen molar-refractivity contribution in [1.29, 1.82) is 0 Å². The Labute approximate surface area is 132 Å². The third kappa shape index (κ3) is 4.28. The smallest absolute Gasteiger partial charge is 0.303 e. The predicted molar refractivity (Wildman–Crippen MR) is 73.9 cm³/mol. The summed E-state index contributed by atoms with van der Waals surface area (Å²) in [4.78, 5) is 38.0. The maximum Gasteiger partial charge on any atom is 0.303 e. The summed E-state index contributed by atoms with van der Waals surface area (Å²) in [5.41, 5.74) is 0. The average Bonchev–Trinajstić information content (AvgIpc) is 2.94. The van der Waals surface area contributed by atoms with Gasteiger partial charge in [0.2, 0.25) is 0 Å². The number of carbonyl (C=O) groups excluding carboxylic acids is 3. The van der Waals surface area contributed by atoms with E-state index >= 15 is 0 Å². The van der Waals surface area contributed by atoms with Crippen molar-refractivity contribution in [2.24, 2.45) is 0 Å². The molecule has 126 valence electrons. The summed E-state index contributed by atoms with van der Waals surface area (Å²) in [7, 11) is 0. The largest absolute Gasteiger partial charge is 0.456 e. The van der Waals surface area contributed by atoms with Crippen LogP contribution in [0.3, 0.4) is 0 Å². The summed E-state index contributed by atoms with van der Waals surface area (Å²) >= 11 is 0. The normalized spacial score (nSPS) is 27.1. The number of ether oxygens (including phenoxy) is 4. The molecule has 1 aliphatic heterocycles. The van der Waals surface area contributed by atoms with Gasteiger partial charge in [-0.1, -0.05) is 0 Å². The summed E-state index contributed by atoms with van der Waals surface area (Å²) in [5, 5.41) is 0. The zero-order chi connectivity index (χ0) is 17.0. The highest BCUT2D eigenvalue weighted by Crippen LogP contribution is 2.30. The van der Waals surface area contributed by atoms with Crippen LogP contribution in [0.4, 0.5) is 0 Å². The first-order valence-corrected chi connectivity index (χ1v) is 6.99. The molecular formula is C14H18N2O7. The van der Waals surface area contributed by atoms with Gasteiger partial charge in [0.15, 0.2) is 24.5 Å². The Morgan fingerprint density at radius 2 is 1.65 bits per heavy atom. The van der Waals surface area contributed by atoms with Gasteiger partial charge in [0.25, 0.3) is 0 Å². The third-order valence-corrected chi connectivity index (χ3v) is 3.14. The highest BCUT2D eigenvalue weighted by molar-refractivity contribution is 5.68. The second-order valence-electron chi connectivity index (χ2n) is 5.03. The molecule has 0 spiro atoms. The number of hydrogen-bond acceptors (Lipinski definition) is 8. The Bertz CT molecular complexity index is 572. The van der Waals surface area contributed by atoms with Crippen LogP contribution in [-0.2, 0) is 33.3 Å². The Balaban J connectivity index is 2.31. The van der Waals surface area contributed by atoms with E-state index in [1.165, 1.54) is 33.3 Å². The molecule has 9 nitrogen and oxygen atoms in total. The molecule has 1 aromatic rings. The van der Waals surface area contributed by atoms with E-state index < -0.39 is 42.4 Å². The summed E-state index contributed by atoms with van der Waals surface area (Å²) in [5.74, 6) is -1.72. The Kier molecular flexibility index (Phi) is 5.32. The zero-order valence-corrected chi connectivity index (χ0v) is 13.0. The third-order valence-electron chi connectivity index (χ3n) is 3.14. The predicted octanol–water partition coefficient (Wildman–Crippen LogP) is 0.207. The summed E-state index contributed by atoms with van der Waals surface area (Å²) in [6.07, 6.45) is 1.05. The molecular weight excluding hydrogens is 308 g/mol. The summed E-state index contributed by atoms with van der Waals surface area (Å²) < 4.78 is 22.9. The number of imidazole rings is 1. The van der Waals surface area contributed by atoms with Gasteiger partial charge in [0, 0.05) is 33.2 Å². The summed E-state index contributed by atoms with van der Waals surface area (Å²) in [6, 6.07) is 0. The number of rotatable bonds is 4.